The number of aryl methyl sites for hydroxylation is 1. The Morgan fingerprint density at radius 3 is 2.56 bits per heavy atom. The average Bonchev–Trinajstić information content (AvgIpc) is 3.02. The minimum absolute atomic E-state index is 0.203. The number of nitrogens with one attached hydrogen (secondary N) is 2. The van der Waals surface area contributed by atoms with Crippen LogP contribution in [-0.4, -0.2) is 28.9 Å². The third-order valence-electron chi connectivity index (χ3n) is 3.94. The number of phenols is 1. The molecule has 0 aliphatic rings. The second-order valence-corrected chi connectivity index (χ2v) is 6.01. The van der Waals surface area contributed by atoms with Crippen molar-refractivity contribution in [2.45, 2.75) is 19.2 Å². The number of alkyl halides is 3. The Labute approximate surface area is 152 Å². The van der Waals surface area contributed by atoms with E-state index in [-0.39, 0.29) is 23.1 Å². The lowest BCUT2D eigenvalue weighted by molar-refractivity contribution is -0.274. The van der Waals surface area contributed by atoms with Crippen molar-refractivity contribution >= 4 is 16.8 Å². The Balaban J connectivity index is 1.56. The molecule has 142 valence electrons. The zero-order valence-corrected chi connectivity index (χ0v) is 14.1. The highest BCUT2D eigenvalue weighted by Crippen LogP contribution is 2.26. The minimum atomic E-state index is -4.77. The molecule has 0 unspecified atom stereocenters. The molecular weight excluding hydrogens is 361 g/mol. The minimum Gasteiger partial charge on any atom is -0.508 e. The van der Waals surface area contributed by atoms with Crippen LogP contribution in [0, 0.1) is 0 Å². The predicted octanol–water partition coefficient (Wildman–Crippen LogP) is 4.13. The standard InChI is InChI=1S/C19H17F3N2O3/c20-19(21,22)27-15-8-5-13-10-17(24-16(13)11-15)18(26)23-9-1-2-12-3-6-14(25)7-4-12/h3-8,10-11,24-25H,1-2,9H2,(H,23,26). The van der Waals surface area contributed by atoms with Crippen LogP contribution in [0.4, 0.5) is 13.2 Å². The number of aromatic hydroxyl groups is 1. The van der Waals surface area contributed by atoms with Gasteiger partial charge in [0.05, 0.1) is 0 Å². The monoisotopic (exact) mass is 378 g/mol. The summed E-state index contributed by atoms with van der Waals surface area (Å²) in [4.78, 5) is 15.0. The number of phenolic OH excluding ortho intramolecular Hbond substituents is 1. The Hall–Kier alpha value is -3.16. The van der Waals surface area contributed by atoms with Crippen LogP contribution in [-0.2, 0) is 6.42 Å². The van der Waals surface area contributed by atoms with Crippen LogP contribution in [0.15, 0.2) is 48.5 Å². The summed E-state index contributed by atoms with van der Waals surface area (Å²) in [7, 11) is 0. The largest absolute Gasteiger partial charge is 0.573 e. The van der Waals surface area contributed by atoms with Crippen LogP contribution >= 0.6 is 0 Å². The molecule has 1 heterocycles. The van der Waals surface area contributed by atoms with Crippen molar-refractivity contribution in [1.29, 1.82) is 0 Å². The molecule has 0 atom stereocenters. The van der Waals surface area contributed by atoms with E-state index in [9.17, 15) is 23.1 Å². The van der Waals surface area contributed by atoms with Gasteiger partial charge in [0.2, 0.25) is 0 Å². The highest BCUT2D eigenvalue weighted by molar-refractivity contribution is 5.98. The number of carbonyl (C=O) groups excluding carboxylic acids is 1. The van der Waals surface area contributed by atoms with Crippen molar-refractivity contribution < 1.29 is 27.8 Å². The Kier molecular flexibility index (Phi) is 5.25. The molecule has 5 nitrogen and oxygen atoms in total. The lowest BCUT2D eigenvalue weighted by Gasteiger charge is -2.08. The number of hydrogen-bond acceptors (Lipinski definition) is 3. The van der Waals surface area contributed by atoms with Crippen LogP contribution in [0.25, 0.3) is 10.9 Å². The van der Waals surface area contributed by atoms with Gasteiger partial charge in [0.25, 0.3) is 5.91 Å². The van der Waals surface area contributed by atoms with E-state index < -0.39 is 6.36 Å². The number of carbonyl (C=O) groups is 1. The number of amides is 1. The van der Waals surface area contributed by atoms with Crippen LogP contribution in [0.5, 0.6) is 11.5 Å². The van der Waals surface area contributed by atoms with E-state index in [0.717, 1.165) is 12.0 Å². The number of fused-ring (bicyclic) bond motifs is 1. The Morgan fingerprint density at radius 1 is 1.11 bits per heavy atom. The maximum atomic E-state index is 12.3. The van der Waals surface area contributed by atoms with Gasteiger partial charge in [-0.25, -0.2) is 0 Å². The summed E-state index contributed by atoms with van der Waals surface area (Å²) in [6.45, 7) is 0.442. The van der Waals surface area contributed by atoms with Crippen molar-refractivity contribution in [3.63, 3.8) is 0 Å². The molecule has 0 bridgehead atoms. The molecule has 0 aliphatic heterocycles. The number of aromatic nitrogens is 1. The molecule has 0 saturated heterocycles. The highest BCUT2D eigenvalue weighted by Gasteiger charge is 2.31. The number of rotatable bonds is 6. The topological polar surface area (TPSA) is 74.3 Å². The third kappa shape index (κ3) is 5.16. The average molecular weight is 378 g/mol. The molecule has 3 rings (SSSR count). The summed E-state index contributed by atoms with van der Waals surface area (Å²) in [5.41, 5.74) is 1.69. The van der Waals surface area contributed by atoms with Gasteiger partial charge in [0.1, 0.15) is 17.2 Å². The molecule has 0 saturated carbocycles. The van der Waals surface area contributed by atoms with Gasteiger partial charge in [-0.2, -0.15) is 0 Å². The van der Waals surface area contributed by atoms with Gasteiger partial charge in [-0.15, -0.1) is 13.2 Å². The molecule has 3 aromatic rings. The molecule has 1 amide bonds. The maximum Gasteiger partial charge on any atom is 0.573 e. The lowest BCUT2D eigenvalue weighted by atomic mass is 10.1. The smallest absolute Gasteiger partial charge is 0.508 e. The summed E-state index contributed by atoms with van der Waals surface area (Å²) in [5.74, 6) is -0.484. The van der Waals surface area contributed by atoms with Crippen LogP contribution < -0.4 is 10.1 Å². The van der Waals surface area contributed by atoms with Crippen molar-refractivity contribution in [2.75, 3.05) is 6.54 Å². The zero-order chi connectivity index (χ0) is 19.4. The SMILES string of the molecule is O=C(NCCCc1ccc(O)cc1)c1cc2ccc(OC(F)(F)F)cc2[nH]1. The molecule has 1 aromatic heterocycles. The summed E-state index contributed by atoms with van der Waals surface area (Å²) < 4.78 is 40.7. The number of halogens is 3. The quantitative estimate of drug-likeness (QED) is 0.565. The van der Waals surface area contributed by atoms with Gasteiger partial charge >= 0.3 is 6.36 Å². The summed E-state index contributed by atoms with van der Waals surface area (Å²) in [6, 6.07) is 12.3. The maximum absolute atomic E-state index is 12.3. The van der Waals surface area contributed by atoms with E-state index in [4.69, 9.17) is 0 Å². The summed E-state index contributed by atoms with van der Waals surface area (Å²) >= 11 is 0. The van der Waals surface area contributed by atoms with Crippen LogP contribution in [0.1, 0.15) is 22.5 Å². The number of aromatic amines is 1. The number of ether oxygens (including phenoxy) is 1. The molecule has 3 N–H and O–H groups in total. The van der Waals surface area contributed by atoms with Gasteiger partial charge in [0.15, 0.2) is 0 Å². The van der Waals surface area contributed by atoms with E-state index in [0.29, 0.717) is 23.9 Å². The molecule has 0 aliphatic carbocycles. The first-order chi connectivity index (χ1) is 12.8. The molecular formula is C19H17F3N2O3. The van der Waals surface area contributed by atoms with Gasteiger partial charge in [-0.3, -0.25) is 4.79 Å². The fourth-order valence-corrected chi connectivity index (χ4v) is 2.68. The molecule has 0 spiro atoms. The van der Waals surface area contributed by atoms with E-state index in [1.807, 2.05) is 12.1 Å². The highest BCUT2D eigenvalue weighted by atomic mass is 19.4. The van der Waals surface area contributed by atoms with Crippen molar-refractivity contribution in [3.8, 4) is 11.5 Å². The number of benzene rings is 2. The first-order valence-electron chi connectivity index (χ1n) is 8.25. The van der Waals surface area contributed by atoms with Crippen LogP contribution in [0.3, 0.4) is 0 Å². The lowest BCUT2D eigenvalue weighted by Crippen LogP contribution is -2.25. The number of hydrogen-bond donors (Lipinski definition) is 3. The molecule has 0 radical (unpaired) electrons. The fourth-order valence-electron chi connectivity index (χ4n) is 2.68. The van der Waals surface area contributed by atoms with E-state index >= 15 is 0 Å². The second kappa shape index (κ2) is 7.61. The molecule has 2 aromatic carbocycles. The Morgan fingerprint density at radius 2 is 1.85 bits per heavy atom. The fraction of sp³-hybridized carbons (Fsp3) is 0.211. The van der Waals surface area contributed by atoms with Crippen LogP contribution in [0.2, 0.25) is 0 Å². The summed E-state index contributed by atoms with van der Waals surface area (Å²) in [6.07, 6.45) is -3.32. The first-order valence-corrected chi connectivity index (χ1v) is 8.25. The summed E-state index contributed by atoms with van der Waals surface area (Å²) in [5, 5.41) is 12.6. The van der Waals surface area contributed by atoms with E-state index in [1.165, 1.54) is 18.2 Å². The van der Waals surface area contributed by atoms with Crippen molar-refractivity contribution in [3.05, 3.63) is 59.8 Å². The van der Waals surface area contributed by atoms with Crippen molar-refractivity contribution in [1.82, 2.24) is 10.3 Å². The molecule has 0 fully saturated rings. The molecule has 27 heavy (non-hydrogen) atoms. The third-order valence-corrected chi connectivity index (χ3v) is 3.94. The Bertz CT molecular complexity index is 934. The zero-order valence-electron chi connectivity index (χ0n) is 14.1. The molecule has 8 heteroatoms. The normalized spacial score (nSPS) is 11.5. The van der Waals surface area contributed by atoms with Crippen molar-refractivity contribution in [2.24, 2.45) is 0 Å². The van der Waals surface area contributed by atoms with Gasteiger partial charge in [0, 0.05) is 23.5 Å². The second-order valence-electron chi connectivity index (χ2n) is 6.01. The van der Waals surface area contributed by atoms with E-state index in [1.54, 1.807) is 18.2 Å². The van der Waals surface area contributed by atoms with Gasteiger partial charge in [-0.1, -0.05) is 12.1 Å². The predicted molar refractivity (Wildman–Crippen MR) is 93.7 cm³/mol. The number of H-pyrrole nitrogens is 1. The van der Waals surface area contributed by atoms with Gasteiger partial charge in [-0.05, 0) is 48.7 Å². The van der Waals surface area contributed by atoms with E-state index in [2.05, 4.69) is 15.0 Å². The first kappa shape index (κ1) is 18.6. The van der Waals surface area contributed by atoms with Gasteiger partial charge < -0.3 is 20.1 Å².